The fourth-order valence-electron chi connectivity index (χ4n) is 5.56. The molecule has 3 aliphatic rings. The lowest BCUT2D eigenvalue weighted by Crippen LogP contribution is -2.41. The first kappa shape index (κ1) is 24.1. The van der Waals surface area contributed by atoms with E-state index in [9.17, 15) is 14.3 Å². The number of primary amides is 1. The molecule has 7 heteroatoms. The Labute approximate surface area is 199 Å². The van der Waals surface area contributed by atoms with Gasteiger partial charge in [0.15, 0.2) is 5.83 Å². The highest BCUT2D eigenvalue weighted by molar-refractivity contribution is 7.99. The van der Waals surface area contributed by atoms with E-state index >= 15 is 0 Å². The molecule has 7 atom stereocenters. The van der Waals surface area contributed by atoms with Crippen molar-refractivity contribution in [2.45, 2.75) is 63.3 Å². The van der Waals surface area contributed by atoms with E-state index < -0.39 is 11.9 Å². The van der Waals surface area contributed by atoms with E-state index in [1.165, 1.54) is 11.8 Å². The van der Waals surface area contributed by atoms with E-state index in [1.807, 2.05) is 12.1 Å². The van der Waals surface area contributed by atoms with E-state index in [2.05, 4.69) is 31.0 Å². The van der Waals surface area contributed by atoms with Crippen molar-refractivity contribution in [2.24, 2.45) is 39.4 Å². The van der Waals surface area contributed by atoms with Crippen LogP contribution in [0, 0.1) is 23.7 Å². The van der Waals surface area contributed by atoms with E-state index in [0.29, 0.717) is 17.9 Å². The van der Waals surface area contributed by atoms with Gasteiger partial charge < -0.3 is 10.8 Å². The number of hydrogen-bond donors (Lipinski definition) is 2. The Kier molecular flexibility index (Phi) is 7.69. The van der Waals surface area contributed by atoms with Crippen LogP contribution >= 0.6 is 11.8 Å². The number of halogens is 1. The Hall–Kier alpha value is -1.99. The minimum atomic E-state index is -0.539. The van der Waals surface area contributed by atoms with Crippen LogP contribution < -0.4 is 5.73 Å². The highest BCUT2D eigenvalue weighted by Gasteiger charge is 2.55. The largest absolute Gasteiger partial charge is 0.388 e. The molecule has 1 heterocycles. The highest BCUT2D eigenvalue weighted by Crippen LogP contribution is 2.54. The minimum absolute atomic E-state index is 0.165. The van der Waals surface area contributed by atoms with Gasteiger partial charge in [-0.15, -0.1) is 0 Å². The molecule has 0 radical (unpaired) electrons. The number of benzene rings is 1. The van der Waals surface area contributed by atoms with Gasteiger partial charge in [-0.1, -0.05) is 38.1 Å². The quantitative estimate of drug-likeness (QED) is 0.607. The van der Waals surface area contributed by atoms with Gasteiger partial charge in [0, 0.05) is 17.2 Å². The van der Waals surface area contributed by atoms with Crippen LogP contribution in [0.2, 0.25) is 0 Å². The summed E-state index contributed by atoms with van der Waals surface area (Å²) in [5.74, 6) is 0.0902. The molecule has 178 valence electrons. The monoisotopic (exact) mass is 471 g/mol. The van der Waals surface area contributed by atoms with E-state index in [4.69, 9.17) is 10.7 Å². The summed E-state index contributed by atoms with van der Waals surface area (Å²) in [5, 5.41) is 11.0. The molecule has 2 fully saturated rings. The van der Waals surface area contributed by atoms with Crippen LogP contribution in [0.5, 0.6) is 0 Å². The normalized spacial score (nSPS) is 33.6. The van der Waals surface area contributed by atoms with Gasteiger partial charge in [0.05, 0.1) is 30.0 Å². The molecule has 2 aliphatic carbocycles. The third kappa shape index (κ3) is 5.40. The number of carbonyl (C=O) groups excluding carboxylic acids is 1. The molecule has 1 aromatic rings. The maximum atomic E-state index is 14.7. The average Bonchev–Trinajstić information content (AvgIpc) is 3.37. The first-order chi connectivity index (χ1) is 15.9. The number of nitrogens with zero attached hydrogens (tertiary/aromatic N) is 2. The van der Waals surface area contributed by atoms with Crippen LogP contribution in [0.1, 0.15) is 56.8 Å². The maximum absolute atomic E-state index is 14.7. The number of hydrogen-bond acceptors (Lipinski definition) is 5. The number of aliphatic imine (C=N–C) groups is 2. The number of aliphatic hydroxyl groups excluding tert-OH is 1. The third-order valence-electron chi connectivity index (χ3n) is 7.39. The lowest BCUT2D eigenvalue weighted by atomic mass is 9.83. The Morgan fingerprint density at radius 2 is 2.21 bits per heavy atom. The van der Waals surface area contributed by atoms with Crippen molar-refractivity contribution in [3.05, 3.63) is 47.4 Å². The average molecular weight is 472 g/mol. The van der Waals surface area contributed by atoms with Crippen LogP contribution in [0.3, 0.4) is 0 Å². The molecule has 1 amide bonds. The van der Waals surface area contributed by atoms with Crippen molar-refractivity contribution in [3.63, 3.8) is 0 Å². The Balaban J connectivity index is 1.49. The van der Waals surface area contributed by atoms with Crippen molar-refractivity contribution >= 4 is 29.6 Å². The molecule has 0 spiro atoms. The highest BCUT2D eigenvalue weighted by atomic mass is 32.2. The van der Waals surface area contributed by atoms with E-state index in [0.717, 1.165) is 31.2 Å². The van der Waals surface area contributed by atoms with Gasteiger partial charge in [-0.05, 0) is 61.0 Å². The molecule has 33 heavy (non-hydrogen) atoms. The zero-order chi connectivity index (χ0) is 23.5. The molecule has 7 unspecified atom stereocenters. The summed E-state index contributed by atoms with van der Waals surface area (Å²) < 4.78 is 14.7. The van der Waals surface area contributed by atoms with Crippen molar-refractivity contribution in [1.29, 1.82) is 0 Å². The summed E-state index contributed by atoms with van der Waals surface area (Å²) in [6.45, 7) is 4.16. The van der Waals surface area contributed by atoms with Crippen molar-refractivity contribution in [1.82, 2.24) is 0 Å². The molecule has 1 aromatic carbocycles. The van der Waals surface area contributed by atoms with Crippen LogP contribution in [0.15, 0.2) is 46.3 Å². The zero-order valence-corrected chi connectivity index (χ0v) is 20.2. The molecule has 0 aromatic heterocycles. The second-order valence-electron chi connectivity index (χ2n) is 9.67. The van der Waals surface area contributed by atoms with Gasteiger partial charge in [0.1, 0.15) is 0 Å². The summed E-state index contributed by atoms with van der Waals surface area (Å²) in [4.78, 5) is 21.2. The number of amides is 1. The number of fused-ring (bicyclic) bond motifs is 2. The number of carbonyl (C=O) groups is 1. The fraction of sp³-hybridized carbons (Fsp3) is 0.577. The molecule has 5 nitrogen and oxygen atoms in total. The lowest BCUT2D eigenvalue weighted by molar-refractivity contribution is -0.123. The molecule has 2 saturated carbocycles. The van der Waals surface area contributed by atoms with Gasteiger partial charge in [0.2, 0.25) is 5.91 Å². The Bertz CT molecular complexity index is 963. The number of aryl methyl sites for hydroxylation is 1. The molecular formula is C26H34FN3O2S. The number of aliphatic hydroxyl groups is 1. The summed E-state index contributed by atoms with van der Waals surface area (Å²) in [7, 11) is 0. The smallest absolute Gasteiger partial charge is 0.222 e. The van der Waals surface area contributed by atoms with Crippen molar-refractivity contribution in [2.75, 3.05) is 5.75 Å². The Morgan fingerprint density at radius 1 is 1.39 bits per heavy atom. The van der Waals surface area contributed by atoms with Crippen LogP contribution in [-0.4, -0.2) is 40.0 Å². The molecule has 2 bridgehead atoms. The summed E-state index contributed by atoms with van der Waals surface area (Å²) in [6.07, 6.45) is 6.46. The van der Waals surface area contributed by atoms with Gasteiger partial charge in [-0.3, -0.25) is 14.8 Å². The van der Waals surface area contributed by atoms with Crippen molar-refractivity contribution in [3.8, 4) is 0 Å². The van der Waals surface area contributed by atoms with Crippen LogP contribution in [-0.2, 0) is 11.2 Å². The number of thioether (sulfide) groups is 1. The molecule has 1 aliphatic heterocycles. The van der Waals surface area contributed by atoms with Gasteiger partial charge in [-0.2, -0.15) is 11.8 Å². The van der Waals surface area contributed by atoms with Gasteiger partial charge in [-0.25, -0.2) is 4.39 Å². The predicted molar refractivity (Wildman–Crippen MR) is 133 cm³/mol. The summed E-state index contributed by atoms with van der Waals surface area (Å²) in [6, 6.07) is 7.80. The topological polar surface area (TPSA) is 88.0 Å². The molecule has 0 saturated heterocycles. The Morgan fingerprint density at radius 3 is 2.97 bits per heavy atom. The predicted octanol–water partition coefficient (Wildman–Crippen LogP) is 4.65. The number of rotatable bonds is 7. The van der Waals surface area contributed by atoms with E-state index in [1.54, 1.807) is 18.0 Å². The SMILES string of the molecule is CCc1cccc(C(O)CSC2CC3CC2C(N=C2CCC(C)C=NC=C2F)C3C(N)=O)c1. The molecular weight excluding hydrogens is 437 g/mol. The summed E-state index contributed by atoms with van der Waals surface area (Å²) >= 11 is 1.75. The molecule has 3 N–H and O–H groups in total. The lowest BCUT2D eigenvalue weighted by Gasteiger charge is -2.32. The summed E-state index contributed by atoms with van der Waals surface area (Å²) in [5.41, 5.74) is 8.33. The van der Waals surface area contributed by atoms with Crippen LogP contribution in [0.4, 0.5) is 4.39 Å². The first-order valence-corrected chi connectivity index (χ1v) is 13.1. The minimum Gasteiger partial charge on any atom is -0.388 e. The second kappa shape index (κ2) is 10.5. The third-order valence-corrected chi connectivity index (χ3v) is 8.87. The number of nitrogens with two attached hydrogens (primary N) is 1. The maximum Gasteiger partial charge on any atom is 0.222 e. The second-order valence-corrected chi connectivity index (χ2v) is 10.9. The van der Waals surface area contributed by atoms with Gasteiger partial charge in [0.25, 0.3) is 0 Å². The first-order valence-electron chi connectivity index (χ1n) is 12.0. The fourth-order valence-corrected chi connectivity index (χ4v) is 7.09. The van der Waals surface area contributed by atoms with Crippen LogP contribution in [0.25, 0.3) is 0 Å². The van der Waals surface area contributed by atoms with E-state index in [-0.39, 0.29) is 40.9 Å². The molecule has 4 rings (SSSR count). The zero-order valence-electron chi connectivity index (χ0n) is 19.4. The van der Waals surface area contributed by atoms with Crippen molar-refractivity contribution < 1.29 is 14.3 Å². The van der Waals surface area contributed by atoms with Gasteiger partial charge >= 0.3 is 0 Å². The number of allylic oxidation sites excluding steroid dienone is 1. The standard InChI is InChI=1S/C26H34FN3O2S/c1-3-16-5-4-6-17(9-16)22(31)14-33-23-11-18-10-19(23)25(24(18)26(28)32)30-21-8-7-15(2)12-29-13-20(21)27/h4-6,9,12-13,15,18-19,22-25,31H,3,7-8,10-11,14H2,1-2H3,(H2,28,32).